The van der Waals surface area contributed by atoms with Gasteiger partial charge in [0.15, 0.2) is 33.9 Å². The molecule has 3 aliphatic rings. The lowest BCUT2D eigenvalue weighted by Gasteiger charge is -2.45. The van der Waals surface area contributed by atoms with Gasteiger partial charge in [-0.25, -0.2) is 4.79 Å². The third-order valence-electron chi connectivity index (χ3n) is 9.71. The van der Waals surface area contributed by atoms with Crippen LogP contribution in [-0.2, 0) is 29.7 Å². The Bertz CT molecular complexity index is 1150. The second kappa shape index (κ2) is 10.1. The Morgan fingerprint density at radius 1 is 1.05 bits per heavy atom. The molecule has 7 atom stereocenters. The number of ether oxygens (including phenoxy) is 2. The Kier molecular flexibility index (Phi) is 8.01. The van der Waals surface area contributed by atoms with Gasteiger partial charge in [0, 0.05) is 12.3 Å². The molecule has 1 heterocycles. The maximum absolute atomic E-state index is 13.7. The fraction of sp³-hybridized carbons (Fsp3) is 0.710. The summed E-state index contributed by atoms with van der Waals surface area (Å²) in [6.07, 6.45) is -1.51. The molecule has 1 saturated heterocycles. The first kappa shape index (κ1) is 31.6. The largest absolute Gasteiger partial charge is 0.452 e. The van der Waals surface area contributed by atoms with Gasteiger partial charge in [-0.1, -0.05) is 51.1 Å². The Morgan fingerprint density at radius 2 is 1.65 bits per heavy atom. The first-order chi connectivity index (χ1) is 18.1. The lowest BCUT2D eigenvalue weighted by molar-refractivity contribution is -0.202. The number of hydrogen-bond acceptors (Lipinski definition) is 7. The summed E-state index contributed by atoms with van der Waals surface area (Å²) in [6.45, 7) is 22.7. The highest BCUT2D eigenvalue weighted by Crippen LogP contribution is 2.57. The third kappa shape index (κ3) is 5.32. The summed E-state index contributed by atoms with van der Waals surface area (Å²) in [6, 6.07) is 9.70. The maximum atomic E-state index is 13.7. The van der Waals surface area contributed by atoms with Gasteiger partial charge in [0.05, 0.1) is 24.4 Å². The second-order valence-corrected chi connectivity index (χ2v) is 24.2. The van der Waals surface area contributed by atoms with E-state index in [4.69, 9.17) is 18.3 Å². The minimum Gasteiger partial charge on any atom is -0.452 e. The summed E-state index contributed by atoms with van der Waals surface area (Å²) in [5, 5.41) is 25.0. The lowest BCUT2D eigenvalue weighted by Crippen LogP contribution is -2.67. The third-order valence-corrected chi connectivity index (χ3v) is 15.2. The van der Waals surface area contributed by atoms with Crippen molar-refractivity contribution in [1.82, 2.24) is 0 Å². The maximum Gasteiger partial charge on any atom is 0.341 e. The molecule has 9 heteroatoms. The van der Waals surface area contributed by atoms with E-state index in [-0.39, 0.29) is 30.1 Å². The van der Waals surface area contributed by atoms with Gasteiger partial charge in [0.1, 0.15) is 0 Å². The first-order valence-electron chi connectivity index (χ1n) is 14.5. The van der Waals surface area contributed by atoms with Gasteiger partial charge in [-0.3, -0.25) is 0 Å². The normalized spacial score (nSPS) is 36.8. The van der Waals surface area contributed by atoms with Crippen LogP contribution in [0.3, 0.4) is 0 Å². The monoisotopic (exact) mass is 590 g/mol. The van der Waals surface area contributed by atoms with E-state index in [0.29, 0.717) is 6.42 Å². The van der Waals surface area contributed by atoms with Gasteiger partial charge in [-0.2, -0.15) is 0 Å². The summed E-state index contributed by atoms with van der Waals surface area (Å²) in [5.41, 5.74) is -2.16. The molecule has 7 nitrogen and oxygen atoms in total. The van der Waals surface area contributed by atoms with Crippen molar-refractivity contribution in [2.45, 2.75) is 134 Å². The molecule has 1 aliphatic heterocycles. The molecule has 40 heavy (non-hydrogen) atoms. The summed E-state index contributed by atoms with van der Waals surface area (Å²) >= 11 is 0. The molecule has 0 amide bonds. The van der Waals surface area contributed by atoms with Gasteiger partial charge < -0.3 is 28.5 Å². The van der Waals surface area contributed by atoms with E-state index in [1.165, 1.54) is 0 Å². The fourth-order valence-electron chi connectivity index (χ4n) is 6.49. The van der Waals surface area contributed by atoms with Gasteiger partial charge >= 0.3 is 5.97 Å². The molecule has 0 aromatic heterocycles. The molecule has 0 radical (unpaired) electrons. The molecule has 0 bridgehead atoms. The predicted molar refractivity (Wildman–Crippen MR) is 161 cm³/mol. The van der Waals surface area contributed by atoms with Gasteiger partial charge in [0.25, 0.3) is 0 Å². The molecule has 2 aliphatic carbocycles. The molecule has 0 spiro atoms. The number of hydrogen-bond donors (Lipinski definition) is 2. The lowest BCUT2D eigenvalue weighted by atomic mass is 9.75. The Labute approximate surface area is 242 Å². The highest BCUT2D eigenvalue weighted by atomic mass is 28.4. The van der Waals surface area contributed by atoms with Crippen molar-refractivity contribution in [3.05, 3.63) is 47.0 Å². The van der Waals surface area contributed by atoms with Gasteiger partial charge in [-0.05, 0) is 81.7 Å². The minimum atomic E-state index is -2.36. The molecule has 2 fully saturated rings. The number of carbonyl (C=O) groups is 1. The Hall–Kier alpha value is -1.34. The summed E-state index contributed by atoms with van der Waals surface area (Å²) < 4.78 is 26.0. The highest BCUT2D eigenvalue weighted by molar-refractivity contribution is 6.74. The smallest absolute Gasteiger partial charge is 0.341 e. The molecular weight excluding hydrogens is 541 g/mol. The van der Waals surface area contributed by atoms with Crippen LogP contribution in [0.15, 0.2) is 41.5 Å². The van der Waals surface area contributed by atoms with Crippen LogP contribution in [0.4, 0.5) is 0 Å². The molecule has 1 aromatic carbocycles. The highest BCUT2D eigenvalue weighted by Gasteiger charge is 2.74. The first-order valence-corrected chi connectivity index (χ1v) is 20.9. The second-order valence-electron chi connectivity index (χ2n) is 15.0. The number of rotatable bonds is 7. The van der Waals surface area contributed by atoms with Crippen LogP contribution in [0.25, 0.3) is 0 Å². The quantitative estimate of drug-likeness (QED) is 0.238. The number of benzene rings is 1. The average Bonchev–Trinajstić information content (AvgIpc) is 3.20. The number of esters is 1. The molecule has 2 N–H and O–H groups in total. The Balaban J connectivity index is 1.84. The van der Waals surface area contributed by atoms with Crippen LogP contribution in [0, 0.1) is 5.92 Å². The van der Waals surface area contributed by atoms with Crippen LogP contribution in [0.1, 0.15) is 59.9 Å². The van der Waals surface area contributed by atoms with Crippen molar-refractivity contribution in [3.8, 4) is 0 Å². The van der Waals surface area contributed by atoms with Gasteiger partial charge in [-0.15, -0.1) is 0 Å². The zero-order valence-electron chi connectivity index (χ0n) is 26.3. The van der Waals surface area contributed by atoms with Crippen molar-refractivity contribution in [2.75, 3.05) is 0 Å². The van der Waals surface area contributed by atoms with E-state index in [0.717, 1.165) is 16.7 Å². The van der Waals surface area contributed by atoms with Crippen LogP contribution >= 0.6 is 0 Å². The van der Waals surface area contributed by atoms with E-state index in [1.54, 1.807) is 6.92 Å². The zero-order chi connectivity index (χ0) is 30.1. The van der Waals surface area contributed by atoms with E-state index in [9.17, 15) is 15.0 Å². The van der Waals surface area contributed by atoms with E-state index < -0.39 is 51.6 Å². The van der Waals surface area contributed by atoms with E-state index in [1.807, 2.05) is 63.8 Å². The van der Waals surface area contributed by atoms with Crippen molar-refractivity contribution in [3.63, 3.8) is 0 Å². The van der Waals surface area contributed by atoms with Crippen molar-refractivity contribution in [2.24, 2.45) is 5.92 Å². The number of carbonyl (C=O) groups excluding carboxylic acids is 1. The molecule has 224 valence electrons. The number of fused-ring (bicyclic) bond motifs is 3. The number of aliphatic hydroxyl groups is 2. The van der Waals surface area contributed by atoms with Crippen LogP contribution in [0.5, 0.6) is 0 Å². The van der Waals surface area contributed by atoms with Crippen molar-refractivity contribution < 1.29 is 33.3 Å². The molecular formula is C31H50O7Si2. The summed E-state index contributed by atoms with van der Waals surface area (Å²) in [5.74, 6) is -0.962. The molecule has 0 unspecified atom stereocenters. The van der Waals surface area contributed by atoms with Gasteiger partial charge in [0.2, 0.25) is 0 Å². The molecule has 4 rings (SSSR count). The summed E-state index contributed by atoms with van der Waals surface area (Å²) in [7, 11) is -4.51. The average molecular weight is 591 g/mol. The van der Waals surface area contributed by atoms with Crippen LogP contribution in [0.2, 0.25) is 37.8 Å². The summed E-state index contributed by atoms with van der Waals surface area (Å²) in [4.78, 5) is 13.7. The van der Waals surface area contributed by atoms with E-state index in [2.05, 4.69) is 33.9 Å². The topological polar surface area (TPSA) is 94.5 Å². The standard InChI is InChI=1S/C31H50O7Si2/c1-20-23(37-40(10,11)28(2,3)4)17-22-25(20)26-31(34,30(6,27(32)36-26)38-39(7,8)9)24(18-29(22,5)33)35-19-21-15-13-12-14-16-21/h12-16,22-24,26,33-34H,17-19H2,1-11H3/t22-,23+,24+,26-,29-,30+,31+/m0/s1. The van der Waals surface area contributed by atoms with Crippen molar-refractivity contribution in [1.29, 1.82) is 0 Å². The van der Waals surface area contributed by atoms with Crippen LogP contribution < -0.4 is 0 Å². The predicted octanol–water partition coefficient (Wildman–Crippen LogP) is 5.72. The molecule has 1 saturated carbocycles. The Morgan fingerprint density at radius 3 is 2.20 bits per heavy atom. The van der Waals surface area contributed by atoms with Crippen molar-refractivity contribution >= 4 is 22.6 Å². The molecule has 1 aromatic rings. The zero-order valence-corrected chi connectivity index (χ0v) is 28.3. The van der Waals surface area contributed by atoms with Crippen LogP contribution in [-0.4, -0.2) is 67.9 Å². The fourth-order valence-corrected chi connectivity index (χ4v) is 9.30. The minimum absolute atomic E-state index is 0.00575. The van der Waals surface area contributed by atoms with E-state index >= 15 is 0 Å². The SMILES string of the molecule is CC1=C2[C@@H]3OC(=O)[C@@](C)(O[Si](C)(C)C)[C@@]3(O)[C@H](OCc3ccccc3)C[C@](C)(O)[C@H]2C[C@H]1O[Si](C)(C)C(C)(C)C.